The topological polar surface area (TPSA) is 95.2 Å². The van der Waals surface area contributed by atoms with Gasteiger partial charge in [-0.25, -0.2) is 4.98 Å². The van der Waals surface area contributed by atoms with Gasteiger partial charge in [0.1, 0.15) is 0 Å². The lowest BCUT2D eigenvalue weighted by Crippen LogP contribution is -2.37. The van der Waals surface area contributed by atoms with Gasteiger partial charge < -0.3 is 15.2 Å². The maximum absolute atomic E-state index is 12.5. The Morgan fingerprint density at radius 2 is 2.17 bits per heavy atom. The van der Waals surface area contributed by atoms with E-state index in [0.29, 0.717) is 37.1 Å². The van der Waals surface area contributed by atoms with Crippen LogP contribution in [-0.4, -0.2) is 46.3 Å². The summed E-state index contributed by atoms with van der Waals surface area (Å²) in [6, 6.07) is 7.06. The number of aromatic nitrogens is 2. The van der Waals surface area contributed by atoms with Gasteiger partial charge >= 0.3 is 0 Å². The van der Waals surface area contributed by atoms with Gasteiger partial charge in [-0.1, -0.05) is 12.1 Å². The molecule has 2 heterocycles. The number of likely N-dealkylation sites (tertiary alicyclic amines) is 1. The third-order valence-corrected chi connectivity index (χ3v) is 4.00. The number of carbonyl (C=O) groups is 2. The first-order chi connectivity index (χ1) is 11.1. The Bertz CT molecular complexity index is 814. The second kappa shape index (κ2) is 6.20. The maximum atomic E-state index is 12.5. The Kier molecular flexibility index (Phi) is 4.10. The number of rotatable bonds is 3. The number of nitrogens with zero attached hydrogens (tertiary/aromatic N) is 2. The molecule has 2 aromatic rings. The minimum absolute atomic E-state index is 0.0526. The van der Waals surface area contributed by atoms with Crippen LogP contribution in [-0.2, 0) is 4.79 Å². The molecule has 3 rings (SSSR count). The van der Waals surface area contributed by atoms with Crippen molar-refractivity contribution in [1.82, 2.24) is 20.2 Å². The molecule has 1 fully saturated rings. The normalized spacial score (nSPS) is 17.4. The van der Waals surface area contributed by atoms with E-state index in [1.165, 1.54) is 4.90 Å². The molecule has 1 aliphatic heterocycles. The highest BCUT2D eigenvalue weighted by atomic mass is 16.2. The predicted octanol–water partition coefficient (Wildman–Crippen LogP) is 0.521. The van der Waals surface area contributed by atoms with E-state index in [0.717, 1.165) is 0 Å². The van der Waals surface area contributed by atoms with Crippen molar-refractivity contribution >= 4 is 22.8 Å². The molecule has 23 heavy (non-hydrogen) atoms. The van der Waals surface area contributed by atoms with Crippen molar-refractivity contribution in [3.63, 3.8) is 0 Å². The third-order valence-electron chi connectivity index (χ3n) is 4.00. The lowest BCUT2D eigenvalue weighted by atomic mass is 10.1. The average molecular weight is 314 g/mol. The summed E-state index contributed by atoms with van der Waals surface area (Å²) in [4.78, 5) is 44.9. The monoisotopic (exact) mass is 314 g/mol. The molecule has 120 valence electrons. The second-order valence-corrected chi connectivity index (χ2v) is 5.56. The Labute approximate surface area is 132 Å². The number of para-hydroxylation sites is 2. The summed E-state index contributed by atoms with van der Waals surface area (Å²) in [5, 5.41) is 2.76. The molecule has 0 bridgehead atoms. The number of nitrogens with one attached hydrogen (secondary N) is 2. The molecule has 1 unspecified atom stereocenters. The summed E-state index contributed by atoms with van der Waals surface area (Å²) >= 11 is 0. The Morgan fingerprint density at radius 1 is 1.39 bits per heavy atom. The van der Waals surface area contributed by atoms with E-state index in [1.54, 1.807) is 24.3 Å². The molecule has 1 aromatic heterocycles. The number of H-pyrrole nitrogens is 1. The standard InChI is InChI=1S/C16H18N4O3/c1-2-17-14(21)10-7-8-20(9-10)16(23)13-15(22)19-12-6-4-3-5-11(12)18-13/h3-6,10H,2,7-9H2,1H3,(H,17,21)(H,19,22). The molecule has 2 N–H and O–H groups in total. The lowest BCUT2D eigenvalue weighted by molar-refractivity contribution is -0.124. The number of benzene rings is 1. The summed E-state index contributed by atoms with van der Waals surface area (Å²) in [6.07, 6.45) is 0.600. The summed E-state index contributed by atoms with van der Waals surface area (Å²) < 4.78 is 0. The smallest absolute Gasteiger partial charge is 0.280 e. The Balaban J connectivity index is 1.83. The van der Waals surface area contributed by atoms with Crippen molar-refractivity contribution < 1.29 is 9.59 Å². The first-order valence-corrected chi connectivity index (χ1v) is 7.66. The third kappa shape index (κ3) is 2.94. The Hall–Kier alpha value is -2.70. The van der Waals surface area contributed by atoms with Crippen LogP contribution in [0.2, 0.25) is 0 Å². The van der Waals surface area contributed by atoms with Crippen molar-refractivity contribution in [3.05, 3.63) is 40.3 Å². The van der Waals surface area contributed by atoms with Crippen molar-refractivity contribution in [3.8, 4) is 0 Å². The van der Waals surface area contributed by atoms with Crippen LogP contribution in [0.25, 0.3) is 11.0 Å². The SMILES string of the molecule is CCNC(=O)C1CCN(C(=O)c2nc3ccccc3[nH]c2=O)C1. The van der Waals surface area contributed by atoms with Crippen LogP contribution < -0.4 is 10.9 Å². The molecule has 7 heteroatoms. The molecule has 0 spiro atoms. The van der Waals surface area contributed by atoms with Crippen LogP contribution in [0.4, 0.5) is 0 Å². The van der Waals surface area contributed by atoms with Crippen molar-refractivity contribution in [2.24, 2.45) is 5.92 Å². The maximum Gasteiger partial charge on any atom is 0.280 e. The highest BCUT2D eigenvalue weighted by Crippen LogP contribution is 2.18. The van der Waals surface area contributed by atoms with Gasteiger partial charge in [-0.2, -0.15) is 0 Å². The molecule has 1 saturated heterocycles. The van der Waals surface area contributed by atoms with E-state index in [9.17, 15) is 14.4 Å². The molecule has 1 atom stereocenters. The first kappa shape index (κ1) is 15.2. The highest BCUT2D eigenvalue weighted by Gasteiger charge is 2.32. The molecule has 0 saturated carbocycles. The van der Waals surface area contributed by atoms with Crippen molar-refractivity contribution in [2.75, 3.05) is 19.6 Å². The van der Waals surface area contributed by atoms with E-state index < -0.39 is 11.5 Å². The van der Waals surface area contributed by atoms with E-state index in [-0.39, 0.29) is 17.5 Å². The number of amides is 2. The van der Waals surface area contributed by atoms with Gasteiger partial charge in [-0.15, -0.1) is 0 Å². The van der Waals surface area contributed by atoms with Crippen LogP contribution in [0.1, 0.15) is 23.8 Å². The van der Waals surface area contributed by atoms with Gasteiger partial charge in [0.15, 0.2) is 5.69 Å². The van der Waals surface area contributed by atoms with E-state index >= 15 is 0 Å². The number of aromatic amines is 1. The predicted molar refractivity (Wildman–Crippen MR) is 85.1 cm³/mol. The zero-order valence-corrected chi connectivity index (χ0v) is 12.8. The van der Waals surface area contributed by atoms with Gasteiger partial charge in [0, 0.05) is 19.6 Å². The van der Waals surface area contributed by atoms with Gasteiger partial charge in [0.05, 0.1) is 17.0 Å². The minimum Gasteiger partial charge on any atom is -0.356 e. The summed E-state index contributed by atoms with van der Waals surface area (Å²) in [6.45, 7) is 3.19. The first-order valence-electron chi connectivity index (χ1n) is 7.66. The van der Waals surface area contributed by atoms with Crippen LogP contribution >= 0.6 is 0 Å². The molecule has 0 aliphatic carbocycles. The average Bonchev–Trinajstić information content (AvgIpc) is 3.04. The van der Waals surface area contributed by atoms with Crippen LogP contribution in [0, 0.1) is 5.92 Å². The number of hydrogen-bond donors (Lipinski definition) is 2. The zero-order chi connectivity index (χ0) is 16.4. The van der Waals surface area contributed by atoms with Crippen molar-refractivity contribution in [1.29, 1.82) is 0 Å². The highest BCUT2D eigenvalue weighted by molar-refractivity contribution is 5.94. The van der Waals surface area contributed by atoms with Crippen molar-refractivity contribution in [2.45, 2.75) is 13.3 Å². The molecule has 7 nitrogen and oxygen atoms in total. The number of carbonyl (C=O) groups excluding carboxylic acids is 2. The summed E-state index contributed by atoms with van der Waals surface area (Å²) in [5.74, 6) is -0.703. The molecule has 0 radical (unpaired) electrons. The fourth-order valence-corrected chi connectivity index (χ4v) is 2.80. The van der Waals surface area contributed by atoms with Gasteiger partial charge in [0.25, 0.3) is 11.5 Å². The van der Waals surface area contributed by atoms with E-state index in [4.69, 9.17) is 0 Å². The Morgan fingerprint density at radius 3 is 2.96 bits per heavy atom. The largest absolute Gasteiger partial charge is 0.356 e. The zero-order valence-electron chi connectivity index (χ0n) is 12.8. The van der Waals surface area contributed by atoms with Gasteiger partial charge in [-0.05, 0) is 25.5 Å². The van der Waals surface area contributed by atoms with Crippen LogP contribution in [0.5, 0.6) is 0 Å². The van der Waals surface area contributed by atoms with Crippen LogP contribution in [0.15, 0.2) is 29.1 Å². The quantitative estimate of drug-likeness (QED) is 0.863. The fourth-order valence-electron chi connectivity index (χ4n) is 2.80. The summed E-state index contributed by atoms with van der Waals surface area (Å²) in [7, 11) is 0. The van der Waals surface area contributed by atoms with Gasteiger partial charge in [-0.3, -0.25) is 14.4 Å². The molecular formula is C16H18N4O3. The lowest BCUT2D eigenvalue weighted by Gasteiger charge is -2.15. The van der Waals surface area contributed by atoms with E-state index in [1.807, 2.05) is 6.92 Å². The minimum atomic E-state index is -0.504. The second-order valence-electron chi connectivity index (χ2n) is 5.56. The number of fused-ring (bicyclic) bond motifs is 1. The molecule has 1 aliphatic rings. The van der Waals surface area contributed by atoms with Gasteiger partial charge in [0.2, 0.25) is 5.91 Å². The number of hydrogen-bond acceptors (Lipinski definition) is 4. The molecular weight excluding hydrogens is 296 g/mol. The molecule has 2 amide bonds. The summed E-state index contributed by atoms with van der Waals surface area (Å²) in [5.41, 5.74) is 0.529. The fraction of sp³-hybridized carbons (Fsp3) is 0.375. The molecule has 1 aromatic carbocycles. The van der Waals surface area contributed by atoms with Crippen LogP contribution in [0.3, 0.4) is 0 Å². The van der Waals surface area contributed by atoms with E-state index in [2.05, 4.69) is 15.3 Å².